The monoisotopic (exact) mass is 299 g/mol. The third-order valence-electron chi connectivity index (χ3n) is 4.34. The number of nitrogens with one attached hydrogen (secondary N) is 1. The molecule has 0 heterocycles. The van der Waals surface area contributed by atoms with Crippen LogP contribution in [0.3, 0.4) is 0 Å². The van der Waals surface area contributed by atoms with Crippen molar-refractivity contribution in [2.45, 2.75) is 50.7 Å². The van der Waals surface area contributed by atoms with Gasteiger partial charge in [0.25, 0.3) is 0 Å². The van der Waals surface area contributed by atoms with Crippen LogP contribution in [0.15, 0.2) is 18.2 Å². The summed E-state index contributed by atoms with van der Waals surface area (Å²) in [4.78, 5) is 0. The minimum Gasteiger partial charge on any atom is -0.374 e. The average Bonchev–Trinajstić information content (AvgIpc) is 2.88. The smallest absolute Gasteiger partial charge is 0.127 e. The van der Waals surface area contributed by atoms with E-state index in [4.69, 9.17) is 16.3 Å². The summed E-state index contributed by atoms with van der Waals surface area (Å²) in [6.45, 7) is 2.70. The van der Waals surface area contributed by atoms with Gasteiger partial charge in [0.05, 0.1) is 5.60 Å². The first-order valence-electron chi connectivity index (χ1n) is 7.37. The Balaban J connectivity index is 2.23. The fourth-order valence-corrected chi connectivity index (χ4v) is 3.58. The minimum absolute atomic E-state index is 0.0827. The van der Waals surface area contributed by atoms with Gasteiger partial charge in [0.2, 0.25) is 0 Å². The summed E-state index contributed by atoms with van der Waals surface area (Å²) in [7, 11) is 1.92. The van der Waals surface area contributed by atoms with Crippen molar-refractivity contribution >= 4 is 11.6 Å². The molecule has 0 amide bonds. The molecular formula is C16H23ClFNO. The van der Waals surface area contributed by atoms with Crippen LogP contribution in [0.4, 0.5) is 4.39 Å². The third kappa shape index (κ3) is 3.16. The Morgan fingerprint density at radius 1 is 1.40 bits per heavy atom. The van der Waals surface area contributed by atoms with Crippen LogP contribution >= 0.6 is 11.6 Å². The van der Waals surface area contributed by atoms with E-state index in [0.717, 1.165) is 12.8 Å². The van der Waals surface area contributed by atoms with E-state index in [0.29, 0.717) is 23.6 Å². The van der Waals surface area contributed by atoms with Gasteiger partial charge in [-0.3, -0.25) is 0 Å². The standard InChI is InChI=1S/C16H23ClFNO/c1-3-20-16(9-4-5-10-16)15(19-2)11-12-13(17)7-6-8-14(12)18/h6-8,15,19H,3-5,9-11H2,1-2H3. The number of hydrogen-bond acceptors (Lipinski definition) is 2. The molecule has 1 unspecified atom stereocenters. The van der Waals surface area contributed by atoms with E-state index in [1.54, 1.807) is 12.1 Å². The number of ether oxygens (including phenoxy) is 1. The van der Waals surface area contributed by atoms with Gasteiger partial charge in [-0.15, -0.1) is 0 Å². The fraction of sp³-hybridized carbons (Fsp3) is 0.625. The summed E-state index contributed by atoms with van der Waals surface area (Å²) in [5.74, 6) is -0.234. The minimum atomic E-state index is -0.234. The topological polar surface area (TPSA) is 21.3 Å². The van der Waals surface area contributed by atoms with Crippen LogP contribution < -0.4 is 5.32 Å². The van der Waals surface area contributed by atoms with Gasteiger partial charge in [-0.2, -0.15) is 0 Å². The quantitative estimate of drug-likeness (QED) is 0.858. The summed E-state index contributed by atoms with van der Waals surface area (Å²) >= 11 is 6.15. The first-order chi connectivity index (χ1) is 9.63. The van der Waals surface area contributed by atoms with Gasteiger partial charge in [0.1, 0.15) is 5.82 Å². The number of hydrogen-bond donors (Lipinski definition) is 1. The molecule has 0 radical (unpaired) electrons. The first-order valence-corrected chi connectivity index (χ1v) is 7.75. The lowest BCUT2D eigenvalue weighted by atomic mass is 9.87. The zero-order valence-electron chi connectivity index (χ0n) is 12.2. The molecule has 1 aromatic rings. The molecule has 1 aliphatic rings. The molecule has 0 saturated heterocycles. The van der Waals surface area contributed by atoms with Crippen molar-refractivity contribution in [2.75, 3.05) is 13.7 Å². The highest BCUT2D eigenvalue weighted by Crippen LogP contribution is 2.38. The number of rotatable bonds is 6. The van der Waals surface area contributed by atoms with Gasteiger partial charge in [-0.1, -0.05) is 30.5 Å². The van der Waals surface area contributed by atoms with Crippen LogP contribution in [0, 0.1) is 5.82 Å². The molecule has 1 aromatic carbocycles. The lowest BCUT2D eigenvalue weighted by Crippen LogP contribution is -2.51. The Labute approximate surface area is 125 Å². The van der Waals surface area contributed by atoms with Gasteiger partial charge in [0.15, 0.2) is 0 Å². The lowest BCUT2D eigenvalue weighted by Gasteiger charge is -2.37. The third-order valence-corrected chi connectivity index (χ3v) is 4.69. The summed E-state index contributed by atoms with van der Waals surface area (Å²) in [6, 6.07) is 4.94. The van der Waals surface area contributed by atoms with Crippen molar-refractivity contribution in [1.29, 1.82) is 0 Å². The molecule has 0 aromatic heterocycles. The molecule has 1 fully saturated rings. The van der Waals surface area contributed by atoms with Crippen LogP contribution in [-0.4, -0.2) is 25.3 Å². The van der Waals surface area contributed by atoms with E-state index in [2.05, 4.69) is 5.32 Å². The maximum absolute atomic E-state index is 14.0. The zero-order valence-corrected chi connectivity index (χ0v) is 13.0. The van der Waals surface area contributed by atoms with Crippen molar-refractivity contribution in [2.24, 2.45) is 0 Å². The molecule has 1 aliphatic carbocycles. The second-order valence-corrected chi connectivity index (χ2v) is 5.86. The highest BCUT2D eigenvalue weighted by atomic mass is 35.5. The van der Waals surface area contributed by atoms with Crippen LogP contribution in [0.25, 0.3) is 0 Å². The number of benzene rings is 1. The first kappa shape index (κ1) is 15.7. The summed E-state index contributed by atoms with van der Waals surface area (Å²) in [5.41, 5.74) is 0.397. The number of likely N-dealkylation sites (N-methyl/N-ethyl adjacent to an activating group) is 1. The van der Waals surface area contributed by atoms with E-state index >= 15 is 0 Å². The van der Waals surface area contributed by atoms with Gasteiger partial charge >= 0.3 is 0 Å². The van der Waals surface area contributed by atoms with Gasteiger partial charge in [-0.05, 0) is 45.4 Å². The molecule has 2 rings (SSSR count). The van der Waals surface area contributed by atoms with E-state index in [-0.39, 0.29) is 17.5 Å². The van der Waals surface area contributed by atoms with Crippen molar-refractivity contribution < 1.29 is 9.13 Å². The van der Waals surface area contributed by atoms with Crippen molar-refractivity contribution in [3.8, 4) is 0 Å². The molecule has 1 N–H and O–H groups in total. The average molecular weight is 300 g/mol. The Morgan fingerprint density at radius 2 is 2.10 bits per heavy atom. The van der Waals surface area contributed by atoms with Crippen LogP contribution in [0.1, 0.15) is 38.2 Å². The number of halogens is 2. The van der Waals surface area contributed by atoms with Crippen LogP contribution in [0.5, 0.6) is 0 Å². The molecule has 112 valence electrons. The molecule has 20 heavy (non-hydrogen) atoms. The second-order valence-electron chi connectivity index (χ2n) is 5.45. The summed E-state index contributed by atoms with van der Waals surface area (Å²) in [6.07, 6.45) is 4.95. The fourth-order valence-electron chi connectivity index (χ4n) is 3.34. The predicted molar refractivity (Wildman–Crippen MR) is 80.8 cm³/mol. The highest BCUT2D eigenvalue weighted by Gasteiger charge is 2.41. The van der Waals surface area contributed by atoms with Crippen LogP contribution in [-0.2, 0) is 11.2 Å². The maximum Gasteiger partial charge on any atom is 0.127 e. The summed E-state index contributed by atoms with van der Waals surface area (Å²) < 4.78 is 20.1. The Morgan fingerprint density at radius 3 is 2.65 bits per heavy atom. The van der Waals surface area contributed by atoms with Crippen molar-refractivity contribution in [1.82, 2.24) is 5.32 Å². The Hall–Kier alpha value is -0.640. The molecule has 0 bridgehead atoms. The molecule has 1 atom stereocenters. The maximum atomic E-state index is 14.0. The molecule has 2 nitrogen and oxygen atoms in total. The van der Waals surface area contributed by atoms with E-state index < -0.39 is 0 Å². The molecule has 0 spiro atoms. The molecule has 0 aliphatic heterocycles. The molecular weight excluding hydrogens is 277 g/mol. The van der Waals surface area contributed by atoms with Gasteiger partial charge < -0.3 is 10.1 Å². The Bertz CT molecular complexity index is 426. The summed E-state index contributed by atoms with van der Waals surface area (Å²) in [5, 5.41) is 3.82. The highest BCUT2D eigenvalue weighted by molar-refractivity contribution is 6.31. The predicted octanol–water partition coefficient (Wildman–Crippen LogP) is 3.96. The zero-order chi connectivity index (χ0) is 14.6. The van der Waals surface area contributed by atoms with Gasteiger partial charge in [-0.25, -0.2) is 4.39 Å². The van der Waals surface area contributed by atoms with E-state index in [9.17, 15) is 4.39 Å². The van der Waals surface area contributed by atoms with E-state index in [1.807, 2.05) is 14.0 Å². The van der Waals surface area contributed by atoms with Crippen molar-refractivity contribution in [3.63, 3.8) is 0 Å². The second kappa shape index (κ2) is 6.88. The van der Waals surface area contributed by atoms with E-state index in [1.165, 1.54) is 18.9 Å². The molecule has 4 heteroatoms. The van der Waals surface area contributed by atoms with Crippen molar-refractivity contribution in [3.05, 3.63) is 34.6 Å². The Kier molecular flexibility index (Phi) is 5.42. The largest absolute Gasteiger partial charge is 0.374 e. The molecule has 1 saturated carbocycles. The van der Waals surface area contributed by atoms with Crippen LogP contribution in [0.2, 0.25) is 5.02 Å². The lowest BCUT2D eigenvalue weighted by molar-refractivity contribution is -0.0598. The van der Waals surface area contributed by atoms with Gasteiger partial charge in [0, 0.05) is 23.2 Å². The normalized spacial score (nSPS) is 19.2. The SMILES string of the molecule is CCOC1(C(Cc2c(F)cccc2Cl)NC)CCCC1.